The Bertz CT molecular complexity index is 463. The molecule has 9 nitrogen and oxygen atoms in total. The Morgan fingerprint density at radius 1 is 1.00 bits per heavy atom. The number of hydrogen-bond acceptors (Lipinski definition) is 9. The van der Waals surface area contributed by atoms with E-state index >= 15 is 0 Å². The molecule has 1 saturated heterocycles. The highest BCUT2D eigenvalue weighted by molar-refractivity contribution is 7.72. The van der Waals surface area contributed by atoms with Crippen LogP contribution in [-0.4, -0.2) is 57.2 Å². The van der Waals surface area contributed by atoms with Crippen LogP contribution in [0, 0.1) is 0 Å². The average Bonchev–Trinajstić information content (AvgIpc) is 2.53. The lowest BCUT2D eigenvalue weighted by molar-refractivity contribution is 0.156. The first-order chi connectivity index (χ1) is 11.8. The molecule has 0 spiro atoms. The topological polar surface area (TPSA) is 107 Å². The van der Waals surface area contributed by atoms with E-state index in [2.05, 4.69) is 16.0 Å². The summed E-state index contributed by atoms with van der Waals surface area (Å²) in [6.45, 7) is 11.2. The Morgan fingerprint density at radius 2 is 1.56 bits per heavy atom. The van der Waals surface area contributed by atoms with Crippen molar-refractivity contribution in [1.82, 2.24) is 16.0 Å². The van der Waals surface area contributed by atoms with Crippen molar-refractivity contribution >= 4 is 15.2 Å². The molecule has 0 aromatic rings. The molecular formula is C14H33N3O6P2. The quantitative estimate of drug-likeness (QED) is 0.425. The highest BCUT2D eigenvalue weighted by Gasteiger charge is 2.52. The molecule has 0 amide bonds. The average molecular weight is 401 g/mol. The molecule has 0 aromatic heterocycles. The Kier molecular flexibility index (Phi) is 10.3. The molecule has 1 heterocycles. The van der Waals surface area contributed by atoms with Crippen molar-refractivity contribution in [2.75, 3.05) is 39.5 Å². The van der Waals surface area contributed by atoms with Gasteiger partial charge >= 0.3 is 15.2 Å². The third-order valence-electron chi connectivity index (χ3n) is 3.28. The highest BCUT2D eigenvalue weighted by Crippen LogP contribution is 2.69. The predicted octanol–water partition coefficient (Wildman–Crippen LogP) is 2.30. The molecule has 3 unspecified atom stereocenters. The molecular weight excluding hydrogens is 368 g/mol. The van der Waals surface area contributed by atoms with Gasteiger partial charge in [0, 0.05) is 19.6 Å². The second-order valence-electron chi connectivity index (χ2n) is 5.74. The van der Waals surface area contributed by atoms with Crippen LogP contribution in [0.4, 0.5) is 0 Å². The van der Waals surface area contributed by atoms with Gasteiger partial charge in [-0.2, -0.15) is 0 Å². The number of nitrogens with one attached hydrogen (secondary N) is 3. The van der Waals surface area contributed by atoms with Crippen LogP contribution in [0.2, 0.25) is 0 Å². The summed E-state index contributed by atoms with van der Waals surface area (Å²) in [6, 6.07) is 0. The van der Waals surface area contributed by atoms with E-state index in [4.69, 9.17) is 18.1 Å². The van der Waals surface area contributed by atoms with Crippen molar-refractivity contribution in [2.45, 2.75) is 52.4 Å². The molecule has 150 valence electrons. The Morgan fingerprint density at radius 3 is 2.00 bits per heavy atom. The van der Waals surface area contributed by atoms with E-state index < -0.39 is 20.7 Å². The van der Waals surface area contributed by atoms with E-state index in [-0.39, 0.29) is 32.1 Å². The fourth-order valence-electron chi connectivity index (χ4n) is 2.48. The smallest absolute Gasteiger partial charge is 0.313 e. The van der Waals surface area contributed by atoms with Crippen LogP contribution >= 0.6 is 15.2 Å². The molecule has 3 N–H and O–H groups in total. The van der Waals surface area contributed by atoms with Crippen molar-refractivity contribution in [2.24, 2.45) is 0 Å². The minimum Gasteiger partial charge on any atom is -0.313 e. The Hall–Kier alpha value is 0.180. The van der Waals surface area contributed by atoms with Gasteiger partial charge in [-0.1, -0.05) is 0 Å². The van der Waals surface area contributed by atoms with Crippen LogP contribution in [0.15, 0.2) is 0 Å². The van der Waals surface area contributed by atoms with Crippen LogP contribution in [0.25, 0.3) is 0 Å². The minimum absolute atomic E-state index is 0.150. The lowest BCUT2D eigenvalue weighted by atomic mass is 10.4. The SMILES string of the molecule is CCOP(=O)(OCC)C(NC1CNCCN1)P(=O)(OCC)OC(C)C. The van der Waals surface area contributed by atoms with E-state index in [1.54, 1.807) is 34.6 Å². The van der Waals surface area contributed by atoms with Gasteiger partial charge in [0.1, 0.15) is 0 Å². The summed E-state index contributed by atoms with van der Waals surface area (Å²) in [6.07, 6.45) is -0.645. The molecule has 0 saturated carbocycles. The first kappa shape index (κ1) is 23.2. The molecule has 0 aliphatic carbocycles. The first-order valence-corrected chi connectivity index (χ1v) is 12.0. The van der Waals surface area contributed by atoms with Crippen LogP contribution in [-0.2, 0) is 27.2 Å². The van der Waals surface area contributed by atoms with Gasteiger partial charge in [-0.25, -0.2) is 0 Å². The largest absolute Gasteiger partial charge is 0.360 e. The molecule has 0 bridgehead atoms. The van der Waals surface area contributed by atoms with Gasteiger partial charge in [0.15, 0.2) is 0 Å². The van der Waals surface area contributed by atoms with Gasteiger partial charge in [0.25, 0.3) is 0 Å². The van der Waals surface area contributed by atoms with E-state index in [0.29, 0.717) is 6.54 Å². The maximum atomic E-state index is 13.5. The van der Waals surface area contributed by atoms with Crippen molar-refractivity contribution in [1.29, 1.82) is 0 Å². The van der Waals surface area contributed by atoms with E-state index in [0.717, 1.165) is 13.1 Å². The molecule has 1 aliphatic rings. The summed E-state index contributed by atoms with van der Waals surface area (Å²) in [5.74, 6) is 0. The second-order valence-corrected chi connectivity index (χ2v) is 10.3. The van der Waals surface area contributed by atoms with Gasteiger partial charge in [0.2, 0.25) is 5.52 Å². The summed E-state index contributed by atoms with van der Waals surface area (Å²) in [5.41, 5.74) is -1.22. The third-order valence-corrected chi connectivity index (χ3v) is 9.04. The number of hydrogen-bond donors (Lipinski definition) is 3. The van der Waals surface area contributed by atoms with Gasteiger partial charge in [-0.15, -0.1) is 0 Å². The lowest BCUT2D eigenvalue weighted by Gasteiger charge is -2.36. The summed E-state index contributed by atoms with van der Waals surface area (Å²) < 4.78 is 48.9. The number of piperazine rings is 1. The molecule has 1 aliphatic heterocycles. The van der Waals surface area contributed by atoms with Crippen LogP contribution in [0.3, 0.4) is 0 Å². The highest BCUT2D eigenvalue weighted by atomic mass is 31.2. The zero-order valence-electron chi connectivity index (χ0n) is 15.8. The first-order valence-electron chi connectivity index (χ1n) is 8.82. The summed E-state index contributed by atoms with van der Waals surface area (Å²) in [5, 5.41) is 9.54. The van der Waals surface area contributed by atoms with Crippen molar-refractivity contribution in [3.8, 4) is 0 Å². The molecule has 25 heavy (non-hydrogen) atoms. The summed E-state index contributed by atoms with van der Waals surface area (Å²) in [4.78, 5) is 0. The molecule has 1 rings (SSSR count). The fraction of sp³-hybridized carbons (Fsp3) is 1.00. The maximum Gasteiger partial charge on any atom is 0.360 e. The molecule has 0 radical (unpaired) electrons. The maximum absolute atomic E-state index is 13.5. The standard InChI is InChI=1S/C14H33N3O6P2/c1-6-20-24(18,21-7-2)14(17-13-11-15-9-10-16-13)25(19,22-8-3)23-12(4)5/h12-17H,6-11H2,1-5H3. The second kappa shape index (κ2) is 11.1. The summed E-state index contributed by atoms with van der Waals surface area (Å²) >= 11 is 0. The van der Waals surface area contributed by atoms with Crippen LogP contribution in [0.1, 0.15) is 34.6 Å². The fourth-order valence-corrected chi connectivity index (χ4v) is 7.69. The normalized spacial score (nSPS) is 22.7. The van der Waals surface area contributed by atoms with Gasteiger partial charge < -0.3 is 23.4 Å². The predicted molar refractivity (Wildman–Crippen MR) is 97.9 cm³/mol. The van der Waals surface area contributed by atoms with Gasteiger partial charge in [0.05, 0.1) is 32.1 Å². The third kappa shape index (κ3) is 7.01. The van der Waals surface area contributed by atoms with Gasteiger partial charge in [-0.3, -0.25) is 19.8 Å². The number of rotatable bonds is 12. The monoisotopic (exact) mass is 401 g/mol. The molecule has 0 aromatic carbocycles. The van der Waals surface area contributed by atoms with E-state index in [1.807, 2.05) is 0 Å². The van der Waals surface area contributed by atoms with Crippen molar-refractivity contribution < 1.29 is 27.2 Å². The van der Waals surface area contributed by atoms with Crippen molar-refractivity contribution in [3.63, 3.8) is 0 Å². The van der Waals surface area contributed by atoms with Crippen LogP contribution in [0.5, 0.6) is 0 Å². The van der Waals surface area contributed by atoms with Crippen LogP contribution < -0.4 is 16.0 Å². The molecule has 1 fully saturated rings. The van der Waals surface area contributed by atoms with Gasteiger partial charge in [-0.05, 0) is 34.6 Å². The van der Waals surface area contributed by atoms with E-state index in [9.17, 15) is 9.13 Å². The summed E-state index contributed by atoms with van der Waals surface area (Å²) in [7, 11) is -7.62. The zero-order valence-corrected chi connectivity index (χ0v) is 17.6. The molecule has 3 atom stereocenters. The zero-order chi connectivity index (χ0) is 18.9. The Labute approximate surface area is 151 Å². The Balaban J connectivity index is 3.21. The lowest BCUT2D eigenvalue weighted by Crippen LogP contribution is -2.58. The minimum atomic E-state index is -3.83. The molecule has 11 heteroatoms. The van der Waals surface area contributed by atoms with E-state index in [1.165, 1.54) is 0 Å². The van der Waals surface area contributed by atoms with Crippen molar-refractivity contribution in [3.05, 3.63) is 0 Å².